The molecule has 0 radical (unpaired) electrons. The fraction of sp³-hybridized carbons (Fsp3) is 0. The van der Waals surface area contributed by atoms with Crippen molar-refractivity contribution in [3.8, 4) is 0 Å². The van der Waals surface area contributed by atoms with Crippen LogP contribution in [-0.2, 0) is 101 Å². The van der Waals surface area contributed by atoms with E-state index in [1.807, 2.05) is 9.44 Å². The predicted octanol–water partition coefficient (Wildman–Crippen LogP) is 3.34. The number of amides is 4. The monoisotopic (exact) mass is 1500 g/mol. The normalized spacial score (nSPS) is 13.0. The van der Waals surface area contributed by atoms with Crippen molar-refractivity contribution in [2.24, 2.45) is 0 Å². The van der Waals surface area contributed by atoms with Crippen molar-refractivity contribution in [1.82, 2.24) is 10.6 Å². The van der Waals surface area contributed by atoms with Crippen molar-refractivity contribution in [2.75, 3.05) is 20.1 Å². The van der Waals surface area contributed by atoms with Crippen LogP contribution in [0.25, 0.3) is 21.5 Å². The lowest BCUT2D eigenvalue weighted by atomic mass is 10.1. The number of imide groups is 2. The number of urea groups is 1. The van der Waals surface area contributed by atoms with Crippen molar-refractivity contribution in [2.45, 2.75) is 49.0 Å². The molecule has 94 heavy (non-hydrogen) atoms. The van der Waals surface area contributed by atoms with Gasteiger partial charge in [-0.2, -0.15) is 67.3 Å². The Hall–Kier alpha value is -8.73. The summed E-state index contributed by atoms with van der Waals surface area (Å²) in [5, 5.41) is 5.22. The highest BCUT2D eigenvalue weighted by Crippen LogP contribution is 2.40. The zero-order chi connectivity index (χ0) is 70.2. The molecule has 0 aliphatic rings. The quantitative estimate of drug-likeness (QED) is 0.0487. The number of anilines is 6. The maximum absolute atomic E-state index is 13.7. The van der Waals surface area contributed by atoms with E-state index in [-0.39, 0.29) is 23.5 Å². The van der Waals surface area contributed by atoms with Crippen molar-refractivity contribution in [3.63, 3.8) is 0 Å². The lowest BCUT2D eigenvalue weighted by Crippen LogP contribution is -2.43. The van der Waals surface area contributed by atoms with E-state index >= 15 is 0 Å². The van der Waals surface area contributed by atoms with Gasteiger partial charge in [0.25, 0.3) is 113 Å². The Morgan fingerprint density at radius 2 is 0.585 bits per heavy atom. The van der Waals surface area contributed by atoms with Gasteiger partial charge in [0.15, 0.2) is 0 Å². The van der Waals surface area contributed by atoms with Gasteiger partial charge in [0.05, 0.1) is 51.9 Å². The smallest absolute Gasteiger partial charge is 0.328 e. The average molecular weight is 1500 g/mol. The SMILES string of the molecule is O=C(NC(=O)c1ccc(NS(=O)(=O)c2cccc(Nc3cc(S(=O)(=O)O)cc4cc(S(=O)(=O)O)cc(S(=O)(=O)O)c34)c2)cc1S(=O)(=O)O)NC(=O)c1ccc(NS(=O)(=O)c2cccc(Nc3cc(S(=O)(=O)O)cc4cc(S(=O)(=O)O)cc(S(=O)(=O)O)c34)c2)cc1S(=O)(=O)O. The van der Waals surface area contributed by atoms with Gasteiger partial charge in [0, 0.05) is 33.5 Å². The van der Waals surface area contributed by atoms with Crippen molar-refractivity contribution in [3.05, 3.63) is 145 Å². The zero-order valence-corrected chi connectivity index (χ0v) is 53.4. The van der Waals surface area contributed by atoms with Gasteiger partial charge in [0.1, 0.15) is 19.6 Å². The van der Waals surface area contributed by atoms with E-state index in [1.54, 1.807) is 0 Å². The number of sulfonamides is 2. The summed E-state index contributed by atoms with van der Waals surface area (Å²) in [7, 11) is -53.0. The van der Waals surface area contributed by atoms with Crippen LogP contribution in [-0.4, -0.2) is 138 Å². The molecule has 0 aromatic heterocycles. The molecular formula is C47H36N6O31S10. The molecule has 0 unspecified atom stereocenters. The Bertz CT molecular complexity index is 5520. The van der Waals surface area contributed by atoms with E-state index in [1.165, 1.54) is 10.6 Å². The van der Waals surface area contributed by atoms with E-state index < -0.39 is 223 Å². The Morgan fingerprint density at radius 3 is 0.872 bits per heavy atom. The summed E-state index contributed by atoms with van der Waals surface area (Å²) in [6, 6.07) is 12.8. The Balaban J connectivity index is 1.00. The van der Waals surface area contributed by atoms with Gasteiger partial charge in [-0.25, -0.2) is 21.6 Å². The molecule has 47 heteroatoms. The van der Waals surface area contributed by atoms with E-state index in [9.17, 15) is 135 Å². The second kappa shape index (κ2) is 24.6. The van der Waals surface area contributed by atoms with Crippen LogP contribution in [0.3, 0.4) is 0 Å². The van der Waals surface area contributed by atoms with Gasteiger partial charge in [0.2, 0.25) is 0 Å². The van der Waals surface area contributed by atoms with Crippen LogP contribution in [0.4, 0.5) is 38.9 Å². The third-order valence-corrected chi connectivity index (χ3v) is 22.1. The number of carbonyl (C=O) groups excluding carboxylic acids is 3. The van der Waals surface area contributed by atoms with E-state index in [0.717, 1.165) is 48.5 Å². The van der Waals surface area contributed by atoms with Crippen molar-refractivity contribution >= 4 is 175 Å². The van der Waals surface area contributed by atoms with Crippen LogP contribution in [0.1, 0.15) is 20.7 Å². The van der Waals surface area contributed by atoms with Crippen LogP contribution in [0, 0.1) is 0 Å². The van der Waals surface area contributed by atoms with Crippen molar-refractivity contribution in [1.29, 1.82) is 0 Å². The molecule has 37 nitrogen and oxygen atoms in total. The largest absolute Gasteiger partial charge is 0.355 e. The van der Waals surface area contributed by atoms with Gasteiger partial charge in [-0.05, 0) is 132 Å². The van der Waals surface area contributed by atoms with Gasteiger partial charge < -0.3 is 10.6 Å². The molecule has 0 saturated carbocycles. The molecule has 500 valence electrons. The van der Waals surface area contributed by atoms with Crippen LogP contribution in [0.2, 0.25) is 0 Å². The Kier molecular flexibility index (Phi) is 18.6. The molecule has 0 aliphatic heterocycles. The molecule has 0 atom stereocenters. The number of carbonyl (C=O) groups is 3. The first-order valence-corrected chi connectivity index (χ1v) is 38.6. The number of nitrogens with one attached hydrogen (secondary N) is 6. The summed E-state index contributed by atoms with van der Waals surface area (Å²) in [5.74, 6) is -3.56. The number of rotatable bonds is 20. The molecular weight excluding hydrogens is 1470 g/mol. The number of fused-ring (bicyclic) bond motifs is 2. The standard InChI is InChI=1S/C47H36N6O31S10/c54-45(35-9-7-27(17-39(35)91(73,74)75)52-85(57,58)29-5-1-3-25(15-29)48-37-19-31(87(61,62)63)11-23-13-33(89(67,68)69)21-41(43(23)37)93(79,80)81)50-47(56)51-46(55)36-10-8-28(18-40(36)92(76,77)78)53-86(59,60)30-6-2-4-26(16-30)49-38-20-32(88(64,65)66)12-24-14-34(90(70,71)72)22-42(44(24)38)94(82,83)84/h1-22,48-49,52-53H,(H,61,62,63)(H,64,65,66)(H,67,68,69)(H,70,71,72)(H,73,74,75)(H,76,77,78)(H,79,80,81)(H,82,83,84)(H2,50,51,54,55,56). The summed E-state index contributed by atoms with van der Waals surface area (Å²) < 4.78 is 335. The van der Waals surface area contributed by atoms with Crippen LogP contribution in [0.5, 0.6) is 0 Å². The minimum absolute atomic E-state index is 0.288. The van der Waals surface area contributed by atoms with Crippen LogP contribution in [0.15, 0.2) is 182 Å². The van der Waals surface area contributed by atoms with Gasteiger partial charge in [-0.1, -0.05) is 12.1 Å². The zero-order valence-electron chi connectivity index (χ0n) is 45.3. The molecule has 0 spiro atoms. The third-order valence-electron chi connectivity index (χ3n) is 12.5. The summed E-state index contributed by atoms with van der Waals surface area (Å²) in [5.41, 5.74) is -5.85. The molecule has 0 bridgehead atoms. The maximum Gasteiger partial charge on any atom is 0.328 e. The second-order valence-corrected chi connectivity index (χ2v) is 33.6. The highest BCUT2D eigenvalue weighted by atomic mass is 32.3. The van der Waals surface area contributed by atoms with Crippen LogP contribution < -0.4 is 30.7 Å². The van der Waals surface area contributed by atoms with Gasteiger partial charge in [-0.15, -0.1) is 0 Å². The molecule has 8 aromatic carbocycles. The highest BCUT2D eigenvalue weighted by molar-refractivity contribution is 7.93. The second-order valence-electron chi connectivity index (χ2n) is 19.0. The van der Waals surface area contributed by atoms with Crippen LogP contribution >= 0.6 is 0 Å². The van der Waals surface area contributed by atoms with Gasteiger partial charge >= 0.3 is 6.03 Å². The first-order valence-electron chi connectivity index (χ1n) is 24.1. The molecule has 8 rings (SSSR count). The molecule has 8 aromatic rings. The molecule has 0 fully saturated rings. The molecule has 0 aliphatic carbocycles. The first-order chi connectivity index (χ1) is 42.8. The minimum Gasteiger partial charge on any atom is -0.355 e. The van der Waals surface area contributed by atoms with E-state index in [0.29, 0.717) is 72.8 Å². The summed E-state index contributed by atoms with van der Waals surface area (Å²) in [4.78, 5) is 28.4. The molecule has 4 amide bonds. The first kappa shape index (κ1) is 71.1. The lowest BCUT2D eigenvalue weighted by molar-refractivity contribution is 0.0940. The number of hydrogen-bond donors (Lipinski definition) is 14. The van der Waals surface area contributed by atoms with Crippen molar-refractivity contribution < 1.29 is 135 Å². The maximum atomic E-state index is 13.7. The third kappa shape index (κ3) is 16.1. The molecule has 14 N–H and O–H groups in total. The molecule has 0 heterocycles. The molecule has 0 saturated heterocycles. The fourth-order valence-corrected chi connectivity index (χ4v) is 16.1. The summed E-state index contributed by atoms with van der Waals surface area (Å²) >= 11 is 0. The highest BCUT2D eigenvalue weighted by Gasteiger charge is 2.31. The van der Waals surface area contributed by atoms with E-state index in [2.05, 4.69) is 10.6 Å². The fourth-order valence-electron chi connectivity index (χ4n) is 8.61. The topological polar surface area (TPSA) is 627 Å². The minimum atomic E-state index is -5.61. The Labute approximate surface area is 530 Å². The lowest BCUT2D eigenvalue weighted by Gasteiger charge is -2.16. The van der Waals surface area contributed by atoms with E-state index in [4.69, 9.17) is 0 Å². The summed E-state index contributed by atoms with van der Waals surface area (Å²) in [6.45, 7) is 0. The Morgan fingerprint density at radius 1 is 0.287 bits per heavy atom. The summed E-state index contributed by atoms with van der Waals surface area (Å²) in [6.07, 6.45) is 0. The van der Waals surface area contributed by atoms with Gasteiger partial charge in [-0.3, -0.25) is 66.1 Å². The number of hydrogen-bond acceptors (Lipinski definition) is 25. The average Bonchev–Trinajstić information content (AvgIpc) is 0.754. The number of benzene rings is 8. The predicted molar refractivity (Wildman–Crippen MR) is 321 cm³/mol.